The highest BCUT2D eigenvalue weighted by atomic mass is 16.1. The second kappa shape index (κ2) is 6.06. The van der Waals surface area contributed by atoms with Gasteiger partial charge in [0, 0.05) is 30.4 Å². The lowest BCUT2D eigenvalue weighted by molar-refractivity contribution is 0.225. The average Bonchev–Trinajstić information content (AvgIpc) is 3.16. The second-order valence-corrected chi connectivity index (χ2v) is 5.99. The van der Waals surface area contributed by atoms with Crippen molar-refractivity contribution in [3.8, 4) is 0 Å². The molecular formula is C15H24N4O. The lowest BCUT2D eigenvalue weighted by Gasteiger charge is -2.25. The van der Waals surface area contributed by atoms with Crippen LogP contribution in [0.3, 0.4) is 0 Å². The predicted octanol–water partition coefficient (Wildman–Crippen LogP) is 1.05. The van der Waals surface area contributed by atoms with Gasteiger partial charge in [-0.1, -0.05) is 6.92 Å². The molecule has 20 heavy (non-hydrogen) atoms. The largest absolute Gasteiger partial charge is 0.313 e. The first-order chi connectivity index (χ1) is 9.74. The van der Waals surface area contributed by atoms with Crippen molar-refractivity contribution in [3.63, 3.8) is 0 Å². The summed E-state index contributed by atoms with van der Waals surface area (Å²) in [6.45, 7) is 5.02. The molecule has 0 unspecified atom stereocenters. The van der Waals surface area contributed by atoms with E-state index in [0.717, 1.165) is 37.6 Å². The van der Waals surface area contributed by atoms with Gasteiger partial charge in [0.15, 0.2) is 0 Å². The summed E-state index contributed by atoms with van der Waals surface area (Å²) in [6.07, 6.45) is 5.92. The third-order valence-corrected chi connectivity index (χ3v) is 4.24. The van der Waals surface area contributed by atoms with E-state index >= 15 is 0 Å². The van der Waals surface area contributed by atoms with E-state index in [1.54, 1.807) is 6.07 Å². The van der Waals surface area contributed by atoms with Crippen molar-refractivity contribution in [3.05, 3.63) is 27.9 Å². The fourth-order valence-corrected chi connectivity index (χ4v) is 2.99. The summed E-state index contributed by atoms with van der Waals surface area (Å²) in [7, 11) is 0. The van der Waals surface area contributed by atoms with E-state index in [9.17, 15) is 4.79 Å². The molecule has 3 rings (SSSR count). The zero-order chi connectivity index (χ0) is 13.9. The third kappa shape index (κ3) is 3.46. The molecule has 5 nitrogen and oxygen atoms in total. The van der Waals surface area contributed by atoms with E-state index in [2.05, 4.69) is 20.2 Å². The molecule has 0 bridgehead atoms. The summed E-state index contributed by atoms with van der Waals surface area (Å²) in [5, 5.41) is 3.56. The Morgan fingerprint density at radius 3 is 2.90 bits per heavy atom. The number of H-pyrrole nitrogens is 1. The van der Waals surface area contributed by atoms with Crippen molar-refractivity contribution in [1.29, 1.82) is 0 Å². The molecule has 1 aromatic heterocycles. The van der Waals surface area contributed by atoms with Crippen LogP contribution < -0.4 is 10.9 Å². The van der Waals surface area contributed by atoms with Crippen LogP contribution in [0.1, 0.15) is 44.1 Å². The van der Waals surface area contributed by atoms with E-state index in [-0.39, 0.29) is 5.56 Å². The van der Waals surface area contributed by atoms with Gasteiger partial charge in [0.05, 0.1) is 6.54 Å². The van der Waals surface area contributed by atoms with Crippen molar-refractivity contribution in [2.24, 2.45) is 0 Å². The summed E-state index contributed by atoms with van der Waals surface area (Å²) >= 11 is 0. The highest BCUT2D eigenvalue weighted by molar-refractivity contribution is 5.03. The Morgan fingerprint density at radius 1 is 1.40 bits per heavy atom. The minimum Gasteiger partial charge on any atom is -0.313 e. The smallest absolute Gasteiger partial charge is 0.251 e. The summed E-state index contributed by atoms with van der Waals surface area (Å²) in [5.74, 6) is 0.819. The fourth-order valence-electron chi connectivity index (χ4n) is 2.99. The van der Waals surface area contributed by atoms with Crippen molar-refractivity contribution in [2.75, 3.05) is 13.1 Å². The molecule has 2 fully saturated rings. The van der Waals surface area contributed by atoms with Crippen LogP contribution in [0.2, 0.25) is 0 Å². The Morgan fingerprint density at radius 2 is 2.25 bits per heavy atom. The van der Waals surface area contributed by atoms with Gasteiger partial charge in [-0.2, -0.15) is 0 Å². The predicted molar refractivity (Wildman–Crippen MR) is 78.7 cm³/mol. The van der Waals surface area contributed by atoms with Gasteiger partial charge >= 0.3 is 0 Å². The normalized spacial score (nSPS) is 22.6. The summed E-state index contributed by atoms with van der Waals surface area (Å²) in [5.41, 5.74) is 0.861. The molecule has 2 N–H and O–H groups in total. The molecule has 0 spiro atoms. The number of aryl methyl sites for hydroxylation is 1. The Bertz CT molecular complexity index is 503. The molecule has 110 valence electrons. The van der Waals surface area contributed by atoms with Crippen LogP contribution >= 0.6 is 0 Å². The number of hydrogen-bond acceptors (Lipinski definition) is 4. The number of aromatic amines is 1. The molecule has 1 atom stereocenters. The molecular weight excluding hydrogens is 252 g/mol. The van der Waals surface area contributed by atoms with Crippen LogP contribution in [0, 0.1) is 0 Å². The molecule has 0 radical (unpaired) electrons. The molecule has 1 aliphatic heterocycles. The Hall–Kier alpha value is -1.20. The maximum Gasteiger partial charge on any atom is 0.251 e. The molecule has 1 saturated carbocycles. The maximum absolute atomic E-state index is 11.7. The van der Waals surface area contributed by atoms with Gasteiger partial charge in [-0.3, -0.25) is 9.69 Å². The minimum atomic E-state index is -0.0263. The van der Waals surface area contributed by atoms with Gasteiger partial charge < -0.3 is 10.3 Å². The van der Waals surface area contributed by atoms with E-state index in [1.165, 1.54) is 25.7 Å². The molecule has 1 saturated heterocycles. The van der Waals surface area contributed by atoms with Crippen molar-refractivity contribution in [2.45, 2.75) is 57.7 Å². The van der Waals surface area contributed by atoms with Gasteiger partial charge in [-0.15, -0.1) is 0 Å². The highest BCUT2D eigenvalue weighted by Gasteiger charge is 2.31. The zero-order valence-corrected chi connectivity index (χ0v) is 12.2. The number of rotatable bonds is 6. The molecule has 1 aliphatic carbocycles. The number of hydrogen-bond donors (Lipinski definition) is 2. The first-order valence-electron chi connectivity index (χ1n) is 7.81. The van der Waals surface area contributed by atoms with Gasteiger partial charge in [-0.25, -0.2) is 4.98 Å². The third-order valence-electron chi connectivity index (χ3n) is 4.24. The number of nitrogens with zero attached hydrogens (tertiary/aromatic N) is 2. The molecule has 0 amide bonds. The van der Waals surface area contributed by atoms with Crippen molar-refractivity contribution >= 4 is 0 Å². The Balaban J connectivity index is 1.69. The summed E-state index contributed by atoms with van der Waals surface area (Å²) in [4.78, 5) is 21.6. The van der Waals surface area contributed by atoms with Gasteiger partial charge in [0.1, 0.15) is 5.82 Å². The molecule has 2 heterocycles. The van der Waals surface area contributed by atoms with E-state index in [0.29, 0.717) is 12.1 Å². The molecule has 5 heteroatoms. The second-order valence-electron chi connectivity index (χ2n) is 5.99. The van der Waals surface area contributed by atoms with E-state index in [4.69, 9.17) is 0 Å². The average molecular weight is 276 g/mol. The lowest BCUT2D eigenvalue weighted by Crippen LogP contribution is -2.39. The zero-order valence-electron chi connectivity index (χ0n) is 12.2. The number of nitrogens with one attached hydrogen (secondary N) is 2. The Labute approximate surface area is 119 Å². The standard InChI is InChI=1S/C15H24N4O/c1-2-11-8-15(20)18-14(17-11)10-19(13-5-6-13)9-12-4-3-7-16-12/h8,12-13,16H,2-7,9-10H2,1H3,(H,17,18,20)/t12-/m1/s1. The summed E-state index contributed by atoms with van der Waals surface area (Å²) in [6, 6.07) is 2.90. The molecule has 0 aromatic carbocycles. The first-order valence-corrected chi connectivity index (χ1v) is 7.81. The quantitative estimate of drug-likeness (QED) is 0.815. The lowest BCUT2D eigenvalue weighted by atomic mass is 10.2. The van der Waals surface area contributed by atoms with Crippen LogP contribution in [0.5, 0.6) is 0 Å². The molecule has 1 aromatic rings. The van der Waals surface area contributed by atoms with Crippen molar-refractivity contribution < 1.29 is 0 Å². The van der Waals surface area contributed by atoms with Gasteiger partial charge in [0.25, 0.3) is 5.56 Å². The van der Waals surface area contributed by atoms with Crippen LogP contribution in [0.25, 0.3) is 0 Å². The van der Waals surface area contributed by atoms with Crippen LogP contribution in [0.15, 0.2) is 10.9 Å². The van der Waals surface area contributed by atoms with Gasteiger partial charge in [-0.05, 0) is 38.6 Å². The highest BCUT2D eigenvalue weighted by Crippen LogP contribution is 2.28. The van der Waals surface area contributed by atoms with Crippen molar-refractivity contribution in [1.82, 2.24) is 20.2 Å². The monoisotopic (exact) mass is 276 g/mol. The topological polar surface area (TPSA) is 61.0 Å². The first kappa shape index (κ1) is 13.8. The van der Waals surface area contributed by atoms with E-state index in [1.807, 2.05) is 6.92 Å². The number of aromatic nitrogens is 2. The fraction of sp³-hybridized carbons (Fsp3) is 0.733. The minimum absolute atomic E-state index is 0.0263. The van der Waals surface area contributed by atoms with Crippen LogP contribution in [0.4, 0.5) is 0 Å². The van der Waals surface area contributed by atoms with E-state index < -0.39 is 0 Å². The maximum atomic E-state index is 11.7. The van der Waals surface area contributed by atoms with Crippen LogP contribution in [-0.2, 0) is 13.0 Å². The van der Waals surface area contributed by atoms with Crippen LogP contribution in [-0.4, -0.2) is 40.0 Å². The Kier molecular flexibility index (Phi) is 4.17. The van der Waals surface area contributed by atoms with Gasteiger partial charge in [0.2, 0.25) is 0 Å². The SMILES string of the molecule is CCc1cc(=O)[nH]c(CN(C[C@H]2CCCN2)C2CC2)n1. The molecule has 2 aliphatic rings. The summed E-state index contributed by atoms with van der Waals surface area (Å²) < 4.78 is 0.